The molecular formula is C28H29N5O3S2. The van der Waals surface area contributed by atoms with Crippen LogP contribution >= 0.6 is 23.1 Å². The molecule has 0 atom stereocenters. The van der Waals surface area contributed by atoms with Crippen molar-refractivity contribution in [3.05, 3.63) is 76.2 Å². The van der Waals surface area contributed by atoms with Crippen LogP contribution in [0.5, 0.6) is 5.75 Å². The number of nitrogens with zero attached hydrogens (tertiary/aromatic N) is 3. The molecule has 2 aromatic heterocycles. The zero-order chi connectivity index (χ0) is 26.5. The van der Waals surface area contributed by atoms with Gasteiger partial charge in [0.1, 0.15) is 10.8 Å². The first kappa shape index (κ1) is 26.0. The van der Waals surface area contributed by atoms with Crippen molar-refractivity contribution in [1.29, 1.82) is 0 Å². The molecule has 10 heteroatoms. The van der Waals surface area contributed by atoms with Crippen molar-refractivity contribution in [2.24, 2.45) is 7.05 Å². The van der Waals surface area contributed by atoms with Crippen molar-refractivity contribution in [1.82, 2.24) is 20.1 Å². The van der Waals surface area contributed by atoms with Crippen molar-refractivity contribution in [3.63, 3.8) is 0 Å². The lowest BCUT2D eigenvalue weighted by Gasteiger charge is -2.13. The highest BCUT2D eigenvalue weighted by Gasteiger charge is 2.26. The minimum absolute atomic E-state index is 0.145. The molecule has 2 N–H and O–H groups in total. The van der Waals surface area contributed by atoms with E-state index in [4.69, 9.17) is 4.74 Å². The Morgan fingerprint density at radius 2 is 1.82 bits per heavy atom. The lowest BCUT2D eigenvalue weighted by atomic mass is 9.95. The molecule has 0 fully saturated rings. The van der Waals surface area contributed by atoms with Gasteiger partial charge in [-0.3, -0.25) is 9.59 Å². The number of methoxy groups -OCH3 is 1. The first-order valence-electron chi connectivity index (χ1n) is 12.5. The first-order chi connectivity index (χ1) is 18.5. The van der Waals surface area contributed by atoms with Gasteiger partial charge in [0, 0.05) is 24.0 Å². The standard InChI is InChI=1S/C28H29N5O3S2/c1-33-25(19-12-14-20(36-2)15-13-19)31-32-28(33)37-17-23(34)30-27-24(21-10-6-7-11-22(21)38-27)26(35)29-16-18-8-4-3-5-9-18/h3-5,8-9,12-15H,6-7,10-11,16-17H2,1-2H3,(H,29,35)(H,30,34). The van der Waals surface area contributed by atoms with E-state index in [0.717, 1.165) is 48.1 Å². The maximum absolute atomic E-state index is 13.3. The van der Waals surface area contributed by atoms with Gasteiger partial charge in [0.15, 0.2) is 11.0 Å². The maximum atomic E-state index is 13.3. The number of fused-ring (bicyclic) bond motifs is 1. The van der Waals surface area contributed by atoms with Crippen LogP contribution in [0.15, 0.2) is 59.8 Å². The fraction of sp³-hybridized carbons (Fsp3) is 0.286. The zero-order valence-corrected chi connectivity index (χ0v) is 23.0. The number of hydrogen-bond acceptors (Lipinski definition) is 7. The summed E-state index contributed by atoms with van der Waals surface area (Å²) in [5.74, 6) is 1.31. The van der Waals surface area contributed by atoms with E-state index in [2.05, 4.69) is 20.8 Å². The highest BCUT2D eigenvalue weighted by molar-refractivity contribution is 7.99. The van der Waals surface area contributed by atoms with E-state index in [9.17, 15) is 9.59 Å². The molecule has 2 aromatic carbocycles. The second-order valence-corrected chi connectivity index (χ2v) is 11.1. The third-order valence-corrected chi connectivity index (χ3v) is 8.69. The molecule has 0 unspecified atom stereocenters. The van der Waals surface area contributed by atoms with Crippen LogP contribution in [0.25, 0.3) is 11.4 Å². The molecule has 5 rings (SSSR count). The molecule has 1 aliphatic carbocycles. The summed E-state index contributed by atoms with van der Waals surface area (Å²) in [4.78, 5) is 27.4. The lowest BCUT2D eigenvalue weighted by Crippen LogP contribution is -2.25. The van der Waals surface area contributed by atoms with Crippen molar-refractivity contribution in [2.75, 3.05) is 18.2 Å². The Kier molecular flexibility index (Phi) is 8.09. The molecule has 0 spiro atoms. The van der Waals surface area contributed by atoms with Crippen LogP contribution in [-0.2, 0) is 31.2 Å². The van der Waals surface area contributed by atoms with Gasteiger partial charge in [0.05, 0.1) is 18.4 Å². The predicted molar refractivity (Wildman–Crippen MR) is 151 cm³/mol. The average Bonchev–Trinajstić information content (AvgIpc) is 3.50. The summed E-state index contributed by atoms with van der Waals surface area (Å²) >= 11 is 2.83. The van der Waals surface area contributed by atoms with Gasteiger partial charge in [-0.1, -0.05) is 42.1 Å². The van der Waals surface area contributed by atoms with E-state index in [1.54, 1.807) is 7.11 Å². The SMILES string of the molecule is COc1ccc(-c2nnc(SCC(=O)Nc3sc4c(c3C(=O)NCc3ccccc3)CCCC4)n2C)cc1. The molecule has 1 aliphatic rings. The molecule has 196 valence electrons. The molecule has 4 aromatic rings. The highest BCUT2D eigenvalue weighted by Crippen LogP contribution is 2.38. The minimum Gasteiger partial charge on any atom is -0.497 e. The number of carbonyl (C=O) groups excluding carboxylic acids is 2. The molecular weight excluding hydrogens is 518 g/mol. The number of anilines is 1. The third-order valence-electron chi connectivity index (χ3n) is 6.46. The number of thiophene rings is 1. The molecule has 0 aliphatic heterocycles. The Morgan fingerprint density at radius 1 is 1.05 bits per heavy atom. The molecule has 8 nitrogen and oxygen atoms in total. The number of aromatic nitrogens is 3. The fourth-order valence-corrected chi connectivity index (χ4v) is 6.50. The number of hydrogen-bond donors (Lipinski definition) is 2. The maximum Gasteiger partial charge on any atom is 0.254 e. The van der Waals surface area contributed by atoms with E-state index in [1.807, 2.05) is 66.2 Å². The van der Waals surface area contributed by atoms with Gasteiger partial charge in [-0.05, 0) is 61.1 Å². The van der Waals surface area contributed by atoms with Gasteiger partial charge in [-0.2, -0.15) is 0 Å². The van der Waals surface area contributed by atoms with E-state index in [0.29, 0.717) is 28.1 Å². The summed E-state index contributed by atoms with van der Waals surface area (Å²) in [6, 6.07) is 17.4. The van der Waals surface area contributed by atoms with Crippen LogP contribution in [-0.4, -0.2) is 39.4 Å². The lowest BCUT2D eigenvalue weighted by molar-refractivity contribution is -0.113. The molecule has 2 heterocycles. The zero-order valence-electron chi connectivity index (χ0n) is 21.3. The monoisotopic (exact) mass is 547 g/mol. The van der Waals surface area contributed by atoms with Gasteiger partial charge in [-0.25, -0.2) is 0 Å². The van der Waals surface area contributed by atoms with E-state index in [1.165, 1.54) is 28.0 Å². The fourth-order valence-electron chi connectivity index (χ4n) is 4.49. The van der Waals surface area contributed by atoms with Crippen LogP contribution in [0.2, 0.25) is 0 Å². The number of rotatable bonds is 9. The summed E-state index contributed by atoms with van der Waals surface area (Å²) in [5, 5.41) is 15.9. The highest BCUT2D eigenvalue weighted by atomic mass is 32.2. The summed E-state index contributed by atoms with van der Waals surface area (Å²) < 4.78 is 7.09. The number of amides is 2. The number of aryl methyl sites for hydroxylation is 1. The number of benzene rings is 2. The quantitative estimate of drug-likeness (QED) is 0.283. The van der Waals surface area contributed by atoms with Crippen LogP contribution in [0.4, 0.5) is 5.00 Å². The summed E-state index contributed by atoms with van der Waals surface area (Å²) in [6.45, 7) is 0.441. The van der Waals surface area contributed by atoms with Crippen LogP contribution in [0, 0.1) is 0 Å². The summed E-state index contributed by atoms with van der Waals surface area (Å²) in [5.41, 5.74) is 3.63. The minimum atomic E-state index is -0.181. The number of nitrogens with one attached hydrogen (secondary N) is 2. The van der Waals surface area contributed by atoms with Crippen molar-refractivity contribution in [2.45, 2.75) is 37.4 Å². The van der Waals surface area contributed by atoms with E-state index >= 15 is 0 Å². The van der Waals surface area contributed by atoms with Gasteiger partial charge in [-0.15, -0.1) is 21.5 Å². The number of ether oxygens (including phenoxy) is 1. The molecule has 38 heavy (non-hydrogen) atoms. The Bertz CT molecular complexity index is 1430. The second kappa shape index (κ2) is 11.8. The number of thioether (sulfide) groups is 1. The summed E-state index contributed by atoms with van der Waals surface area (Å²) in [6.07, 6.45) is 3.95. The van der Waals surface area contributed by atoms with Crippen LogP contribution in [0.1, 0.15) is 39.2 Å². The topological polar surface area (TPSA) is 98.1 Å². The van der Waals surface area contributed by atoms with E-state index in [-0.39, 0.29) is 17.6 Å². The van der Waals surface area contributed by atoms with Gasteiger partial charge < -0.3 is 19.9 Å². The molecule has 0 bridgehead atoms. The molecule has 0 saturated heterocycles. The first-order valence-corrected chi connectivity index (χ1v) is 14.3. The number of carbonyl (C=O) groups is 2. The Morgan fingerprint density at radius 3 is 2.58 bits per heavy atom. The van der Waals surface area contributed by atoms with E-state index < -0.39 is 0 Å². The summed E-state index contributed by atoms with van der Waals surface area (Å²) in [7, 11) is 3.50. The normalized spacial score (nSPS) is 12.6. The predicted octanol–water partition coefficient (Wildman–Crippen LogP) is 5.09. The largest absolute Gasteiger partial charge is 0.497 e. The van der Waals surface area contributed by atoms with Gasteiger partial charge in [0.2, 0.25) is 5.91 Å². The van der Waals surface area contributed by atoms with Crippen LogP contribution < -0.4 is 15.4 Å². The third kappa shape index (κ3) is 5.76. The van der Waals surface area contributed by atoms with Crippen LogP contribution in [0.3, 0.4) is 0 Å². The second-order valence-electron chi connectivity index (χ2n) is 9.01. The Labute approximate surface area is 229 Å². The van der Waals surface area contributed by atoms with Crippen molar-refractivity contribution in [3.8, 4) is 17.1 Å². The van der Waals surface area contributed by atoms with Gasteiger partial charge >= 0.3 is 0 Å². The average molecular weight is 548 g/mol. The Hall–Kier alpha value is -3.63. The Balaban J connectivity index is 1.26. The molecule has 2 amide bonds. The smallest absolute Gasteiger partial charge is 0.254 e. The van der Waals surface area contributed by atoms with Crippen molar-refractivity contribution >= 4 is 39.9 Å². The van der Waals surface area contributed by atoms with Crippen molar-refractivity contribution < 1.29 is 14.3 Å². The van der Waals surface area contributed by atoms with Gasteiger partial charge in [0.25, 0.3) is 5.91 Å². The molecule has 0 saturated carbocycles. The molecule has 0 radical (unpaired) electrons.